The Kier molecular flexibility index (Phi) is 3.53. The summed E-state index contributed by atoms with van der Waals surface area (Å²) in [5.74, 6) is 0. The van der Waals surface area contributed by atoms with E-state index in [4.69, 9.17) is 4.43 Å². The minimum atomic E-state index is -2.00. The summed E-state index contributed by atoms with van der Waals surface area (Å²) in [7, 11) is -2.00. The molecule has 0 unspecified atom stereocenters. The zero-order chi connectivity index (χ0) is 9.86. The monoisotopic (exact) mass is 216 g/mol. The Labute approximate surface area is 86.5 Å². The summed E-state index contributed by atoms with van der Waals surface area (Å²) in [6, 6.07) is 0. The van der Waals surface area contributed by atoms with Crippen molar-refractivity contribution >= 4 is 8.80 Å². The molecule has 5 nitrogen and oxygen atoms in total. The van der Waals surface area contributed by atoms with Crippen molar-refractivity contribution in [2.24, 2.45) is 0 Å². The molecule has 3 fully saturated rings. The van der Waals surface area contributed by atoms with Gasteiger partial charge >= 0.3 is 8.80 Å². The van der Waals surface area contributed by atoms with E-state index < -0.39 is 8.80 Å². The topological polar surface area (TPSA) is 48.6 Å². The van der Waals surface area contributed by atoms with E-state index in [0.717, 1.165) is 45.9 Å². The Bertz CT molecular complexity index is 166. The highest BCUT2D eigenvalue weighted by atomic mass is 28.4. The lowest BCUT2D eigenvalue weighted by atomic mass is 10.4. The molecule has 0 saturated carbocycles. The lowest BCUT2D eigenvalue weighted by molar-refractivity contribution is 0.221. The molecule has 2 bridgehead atoms. The highest BCUT2D eigenvalue weighted by Gasteiger charge is 2.38. The Hall–Kier alpha value is 0.0169. The normalized spacial score (nSPS) is 38.8. The van der Waals surface area contributed by atoms with Crippen molar-refractivity contribution < 1.29 is 4.43 Å². The first-order chi connectivity index (χ1) is 6.85. The number of fused-ring (bicyclic) bond motifs is 6. The number of hydrogen-bond acceptors (Lipinski definition) is 5. The minimum absolute atomic E-state index is 0.767. The molecule has 0 aliphatic carbocycles. The summed E-state index contributed by atoms with van der Waals surface area (Å²) in [5, 5.41) is 0. The number of nitrogens with zero attached hydrogens (tertiary/aromatic N) is 1. The fourth-order valence-electron chi connectivity index (χ4n) is 2.06. The van der Waals surface area contributed by atoms with Gasteiger partial charge in [-0.15, -0.1) is 0 Å². The maximum absolute atomic E-state index is 5.86. The van der Waals surface area contributed by atoms with Gasteiger partial charge in [0, 0.05) is 45.9 Å². The van der Waals surface area contributed by atoms with Crippen LogP contribution in [-0.2, 0) is 4.43 Å². The fraction of sp³-hybridized carbons (Fsp3) is 1.00. The summed E-state index contributed by atoms with van der Waals surface area (Å²) >= 11 is 0. The largest absolute Gasteiger partial charge is 0.440 e. The van der Waals surface area contributed by atoms with E-state index in [9.17, 15) is 0 Å². The predicted molar refractivity (Wildman–Crippen MR) is 57.8 cm³/mol. The van der Waals surface area contributed by atoms with Gasteiger partial charge in [0.1, 0.15) is 0 Å². The van der Waals surface area contributed by atoms with E-state index in [-0.39, 0.29) is 0 Å². The van der Waals surface area contributed by atoms with Crippen LogP contribution in [0, 0.1) is 0 Å². The van der Waals surface area contributed by atoms with Crippen LogP contribution in [0.5, 0.6) is 0 Å². The fourth-order valence-corrected chi connectivity index (χ4v) is 4.57. The summed E-state index contributed by atoms with van der Waals surface area (Å²) in [4.78, 5) is 13.0. The molecular formula is C8H20N4OSi. The van der Waals surface area contributed by atoms with Gasteiger partial charge in [0.05, 0.1) is 0 Å². The standard InChI is InChI=1S/C8H20N4OSi/c1-2-13-14-9-3-6-12(7-4-10-14)8-5-11-14/h9-11H,2-8H2,1H3. The summed E-state index contributed by atoms with van der Waals surface area (Å²) in [5.41, 5.74) is 0. The van der Waals surface area contributed by atoms with Gasteiger partial charge in [0.25, 0.3) is 0 Å². The second-order valence-electron chi connectivity index (χ2n) is 3.74. The van der Waals surface area contributed by atoms with Gasteiger partial charge in [-0.25, -0.2) is 0 Å². The average molecular weight is 216 g/mol. The first-order valence-electron chi connectivity index (χ1n) is 5.46. The van der Waals surface area contributed by atoms with E-state index in [2.05, 4.69) is 26.8 Å². The molecule has 3 saturated heterocycles. The van der Waals surface area contributed by atoms with Gasteiger partial charge in [0.2, 0.25) is 0 Å². The van der Waals surface area contributed by atoms with Crippen LogP contribution in [0.25, 0.3) is 0 Å². The van der Waals surface area contributed by atoms with Crippen molar-refractivity contribution in [2.75, 3.05) is 45.9 Å². The number of nitrogens with one attached hydrogen (secondary N) is 3. The van der Waals surface area contributed by atoms with E-state index >= 15 is 0 Å². The van der Waals surface area contributed by atoms with E-state index in [0.29, 0.717) is 0 Å². The van der Waals surface area contributed by atoms with E-state index in [1.807, 2.05) is 0 Å². The molecule has 82 valence electrons. The zero-order valence-electron chi connectivity index (χ0n) is 8.81. The van der Waals surface area contributed by atoms with Crippen molar-refractivity contribution in [1.82, 2.24) is 19.8 Å². The molecule has 0 amide bonds. The number of hydrogen-bond donors (Lipinski definition) is 3. The molecule has 0 radical (unpaired) electrons. The van der Waals surface area contributed by atoms with Gasteiger partial charge in [-0.1, -0.05) is 0 Å². The van der Waals surface area contributed by atoms with Crippen LogP contribution in [0.1, 0.15) is 6.92 Å². The quantitative estimate of drug-likeness (QED) is 0.494. The summed E-state index contributed by atoms with van der Waals surface area (Å²) in [6.45, 7) is 9.31. The molecular weight excluding hydrogens is 196 g/mol. The van der Waals surface area contributed by atoms with Crippen molar-refractivity contribution in [3.8, 4) is 0 Å². The molecule has 6 heteroatoms. The van der Waals surface area contributed by atoms with Crippen molar-refractivity contribution in [3.05, 3.63) is 0 Å². The van der Waals surface area contributed by atoms with Crippen LogP contribution in [0.15, 0.2) is 0 Å². The summed E-state index contributed by atoms with van der Waals surface area (Å²) in [6.07, 6.45) is 0. The molecule has 3 rings (SSSR count). The van der Waals surface area contributed by atoms with Crippen LogP contribution in [-0.4, -0.2) is 59.6 Å². The van der Waals surface area contributed by atoms with Crippen molar-refractivity contribution in [2.45, 2.75) is 6.92 Å². The van der Waals surface area contributed by atoms with Crippen molar-refractivity contribution in [3.63, 3.8) is 0 Å². The lowest BCUT2D eigenvalue weighted by Gasteiger charge is -2.39. The van der Waals surface area contributed by atoms with Crippen LogP contribution < -0.4 is 14.9 Å². The maximum atomic E-state index is 5.86. The molecule has 3 heterocycles. The van der Waals surface area contributed by atoms with Crippen LogP contribution >= 0.6 is 0 Å². The molecule has 14 heavy (non-hydrogen) atoms. The molecule has 0 aromatic carbocycles. The van der Waals surface area contributed by atoms with Crippen LogP contribution in [0.2, 0.25) is 0 Å². The zero-order valence-corrected chi connectivity index (χ0v) is 9.81. The Balaban J connectivity index is 2.04. The first kappa shape index (κ1) is 10.5. The Morgan fingerprint density at radius 1 is 1.07 bits per heavy atom. The Morgan fingerprint density at radius 3 is 2.00 bits per heavy atom. The highest BCUT2D eigenvalue weighted by molar-refractivity contribution is 6.66. The van der Waals surface area contributed by atoms with Gasteiger partial charge in [-0.05, 0) is 6.92 Å². The molecule has 0 aromatic rings. The predicted octanol–water partition coefficient (Wildman–Crippen LogP) is -1.44. The minimum Gasteiger partial charge on any atom is -0.380 e. The second-order valence-corrected chi connectivity index (χ2v) is 6.45. The third-order valence-corrected chi connectivity index (χ3v) is 5.73. The van der Waals surface area contributed by atoms with Crippen LogP contribution in [0.3, 0.4) is 0 Å². The van der Waals surface area contributed by atoms with Gasteiger partial charge in [0.15, 0.2) is 0 Å². The second kappa shape index (κ2) is 4.69. The lowest BCUT2D eigenvalue weighted by Crippen LogP contribution is -2.78. The smallest absolute Gasteiger partial charge is 0.380 e. The van der Waals surface area contributed by atoms with E-state index in [1.165, 1.54) is 0 Å². The van der Waals surface area contributed by atoms with Gasteiger partial charge in [-0.2, -0.15) is 0 Å². The van der Waals surface area contributed by atoms with Crippen molar-refractivity contribution in [1.29, 1.82) is 0 Å². The molecule has 0 spiro atoms. The highest BCUT2D eigenvalue weighted by Crippen LogP contribution is 2.00. The number of rotatable bonds is 2. The van der Waals surface area contributed by atoms with Gasteiger partial charge < -0.3 is 4.43 Å². The van der Waals surface area contributed by atoms with Crippen LogP contribution in [0.4, 0.5) is 0 Å². The van der Waals surface area contributed by atoms with E-state index in [1.54, 1.807) is 0 Å². The third kappa shape index (κ3) is 2.33. The third-order valence-electron chi connectivity index (χ3n) is 2.77. The molecule has 3 aliphatic rings. The SMILES string of the molecule is CCO[Si]12NCCN(CCN1)CCN2. The molecule has 3 N–H and O–H groups in total. The average Bonchev–Trinajstić information content (AvgIpc) is 2.06. The molecule has 0 atom stereocenters. The van der Waals surface area contributed by atoms with Gasteiger partial charge in [-0.3, -0.25) is 19.8 Å². The molecule has 0 aromatic heterocycles. The Morgan fingerprint density at radius 2 is 1.57 bits per heavy atom. The summed E-state index contributed by atoms with van der Waals surface area (Å²) < 4.78 is 5.86. The maximum Gasteiger partial charge on any atom is 0.440 e. The molecule has 3 aliphatic heterocycles. The first-order valence-corrected chi connectivity index (χ1v) is 7.37.